The Hall–Kier alpha value is -2.43. The normalized spacial score (nSPS) is 12.2. The first kappa shape index (κ1) is 23.2. The Kier molecular flexibility index (Phi) is 7.69. The second kappa shape index (κ2) is 10.3. The van der Waals surface area contributed by atoms with Crippen LogP contribution in [0.1, 0.15) is 11.1 Å². The molecule has 0 unspecified atom stereocenters. The number of amides is 1. The zero-order chi connectivity index (χ0) is 22.4. The Bertz CT molecular complexity index is 1150. The third-order valence-electron chi connectivity index (χ3n) is 4.62. The van der Waals surface area contributed by atoms with E-state index < -0.39 is 22.0 Å². The van der Waals surface area contributed by atoms with Crippen LogP contribution in [0.15, 0.2) is 77.7 Å². The maximum Gasteiger partial charge on any atom is 0.245 e. The lowest BCUT2D eigenvalue weighted by molar-refractivity contribution is -0.117. The summed E-state index contributed by atoms with van der Waals surface area (Å²) < 4.78 is 35.2. The summed E-state index contributed by atoms with van der Waals surface area (Å²) in [4.78, 5) is 13.1. The van der Waals surface area contributed by atoms with E-state index in [1.165, 1.54) is 13.2 Å². The lowest BCUT2D eigenvalue weighted by Crippen LogP contribution is -2.45. The first-order valence-electron chi connectivity index (χ1n) is 9.56. The molecule has 0 aliphatic rings. The van der Waals surface area contributed by atoms with Crippen molar-refractivity contribution in [1.82, 2.24) is 4.72 Å². The Balaban J connectivity index is 1.91. The summed E-state index contributed by atoms with van der Waals surface area (Å²) in [5, 5.41) is 2.80. The first-order valence-corrected chi connectivity index (χ1v) is 12.1. The van der Waals surface area contributed by atoms with Gasteiger partial charge in [0.1, 0.15) is 16.7 Å². The van der Waals surface area contributed by atoms with Crippen molar-refractivity contribution in [1.29, 1.82) is 0 Å². The van der Waals surface area contributed by atoms with E-state index in [1.54, 1.807) is 31.2 Å². The number of hydrogen-bond acceptors (Lipinski definition) is 4. The second-order valence-electron chi connectivity index (χ2n) is 7.01. The smallest absolute Gasteiger partial charge is 0.245 e. The number of ether oxygens (including phenoxy) is 1. The second-order valence-corrected chi connectivity index (χ2v) is 9.94. The van der Waals surface area contributed by atoms with E-state index in [0.717, 1.165) is 14.7 Å². The SMILES string of the molecule is COc1ccc(C)cc1S(=O)(=O)N[C@H](Cc1ccccc1)C(=O)Nc1ccc(I)cc1. The van der Waals surface area contributed by atoms with Crippen molar-refractivity contribution >= 4 is 44.2 Å². The quantitative estimate of drug-likeness (QED) is 0.413. The number of aryl methyl sites for hydroxylation is 1. The Morgan fingerprint density at radius 2 is 1.71 bits per heavy atom. The van der Waals surface area contributed by atoms with Gasteiger partial charge in [0.05, 0.1) is 7.11 Å². The molecule has 0 saturated heterocycles. The van der Waals surface area contributed by atoms with Crippen LogP contribution in [0.4, 0.5) is 5.69 Å². The van der Waals surface area contributed by atoms with Crippen LogP contribution in [-0.2, 0) is 21.2 Å². The van der Waals surface area contributed by atoms with E-state index >= 15 is 0 Å². The molecule has 0 aromatic heterocycles. The molecular formula is C23H23IN2O4S. The molecule has 0 fully saturated rings. The highest BCUT2D eigenvalue weighted by Crippen LogP contribution is 2.25. The average molecular weight is 550 g/mol. The molecule has 3 aromatic rings. The minimum absolute atomic E-state index is 0.00451. The van der Waals surface area contributed by atoms with Gasteiger partial charge in [0.25, 0.3) is 0 Å². The Morgan fingerprint density at radius 3 is 2.35 bits per heavy atom. The molecule has 31 heavy (non-hydrogen) atoms. The fraction of sp³-hybridized carbons (Fsp3) is 0.174. The third-order valence-corrected chi connectivity index (χ3v) is 6.83. The summed E-state index contributed by atoms with van der Waals surface area (Å²) in [6.07, 6.45) is 0.199. The average Bonchev–Trinajstić information content (AvgIpc) is 2.75. The molecule has 0 spiro atoms. The number of anilines is 1. The van der Waals surface area contributed by atoms with E-state index in [-0.39, 0.29) is 17.1 Å². The number of methoxy groups -OCH3 is 1. The Labute approximate surface area is 196 Å². The van der Waals surface area contributed by atoms with Gasteiger partial charge < -0.3 is 10.1 Å². The van der Waals surface area contributed by atoms with Gasteiger partial charge >= 0.3 is 0 Å². The third kappa shape index (κ3) is 6.28. The van der Waals surface area contributed by atoms with Crippen LogP contribution >= 0.6 is 22.6 Å². The summed E-state index contributed by atoms with van der Waals surface area (Å²) in [5.74, 6) is -0.227. The van der Waals surface area contributed by atoms with Crippen LogP contribution in [0.5, 0.6) is 5.75 Å². The summed E-state index contributed by atoms with van der Waals surface area (Å²) in [7, 11) is -2.61. The van der Waals surface area contributed by atoms with Crippen LogP contribution in [0.2, 0.25) is 0 Å². The molecule has 0 radical (unpaired) electrons. The van der Waals surface area contributed by atoms with Crippen molar-refractivity contribution in [2.24, 2.45) is 0 Å². The number of rotatable bonds is 8. The van der Waals surface area contributed by atoms with Gasteiger partial charge in [-0.05, 0) is 83.5 Å². The minimum atomic E-state index is -4.03. The molecule has 1 amide bonds. The summed E-state index contributed by atoms with van der Waals surface area (Å²) >= 11 is 2.18. The van der Waals surface area contributed by atoms with E-state index in [0.29, 0.717) is 5.69 Å². The standard InChI is InChI=1S/C23H23IN2O4S/c1-16-8-13-21(30-2)22(14-16)31(28,29)26-20(15-17-6-4-3-5-7-17)23(27)25-19-11-9-18(24)10-12-19/h3-14,20,26H,15H2,1-2H3,(H,25,27)/t20-/m1/s1. The van der Waals surface area contributed by atoms with Gasteiger partial charge in [0.2, 0.25) is 15.9 Å². The van der Waals surface area contributed by atoms with Gasteiger partial charge in [0.15, 0.2) is 0 Å². The van der Waals surface area contributed by atoms with Crippen LogP contribution in [0, 0.1) is 10.5 Å². The molecule has 0 saturated carbocycles. The number of hydrogen-bond donors (Lipinski definition) is 2. The molecule has 162 valence electrons. The van der Waals surface area contributed by atoms with Crippen molar-refractivity contribution < 1.29 is 17.9 Å². The molecule has 0 aliphatic heterocycles. The monoisotopic (exact) mass is 550 g/mol. The minimum Gasteiger partial charge on any atom is -0.495 e. The number of sulfonamides is 1. The number of halogens is 1. The molecule has 0 aliphatic carbocycles. The lowest BCUT2D eigenvalue weighted by Gasteiger charge is -2.20. The van der Waals surface area contributed by atoms with E-state index in [2.05, 4.69) is 32.6 Å². The molecular weight excluding hydrogens is 527 g/mol. The number of nitrogens with one attached hydrogen (secondary N) is 2. The molecule has 3 rings (SSSR count). The fourth-order valence-electron chi connectivity index (χ4n) is 3.04. The summed E-state index contributed by atoms with van der Waals surface area (Å²) in [6, 6.07) is 20.4. The Morgan fingerprint density at radius 1 is 1.03 bits per heavy atom. The zero-order valence-corrected chi connectivity index (χ0v) is 20.1. The molecule has 0 heterocycles. The highest BCUT2D eigenvalue weighted by molar-refractivity contribution is 14.1. The first-order chi connectivity index (χ1) is 14.8. The maximum absolute atomic E-state index is 13.2. The predicted molar refractivity (Wildman–Crippen MR) is 130 cm³/mol. The number of benzene rings is 3. The molecule has 2 N–H and O–H groups in total. The van der Waals surface area contributed by atoms with Crippen molar-refractivity contribution in [2.45, 2.75) is 24.3 Å². The van der Waals surface area contributed by atoms with Gasteiger partial charge in [-0.1, -0.05) is 36.4 Å². The zero-order valence-electron chi connectivity index (χ0n) is 17.1. The van der Waals surface area contributed by atoms with E-state index in [9.17, 15) is 13.2 Å². The molecule has 6 nitrogen and oxygen atoms in total. The molecule has 1 atom stereocenters. The molecule has 3 aromatic carbocycles. The fourth-order valence-corrected chi connectivity index (χ4v) is 4.85. The van der Waals surface area contributed by atoms with Crippen LogP contribution in [0.3, 0.4) is 0 Å². The van der Waals surface area contributed by atoms with Crippen molar-refractivity contribution in [2.75, 3.05) is 12.4 Å². The van der Waals surface area contributed by atoms with Gasteiger partial charge in [-0.15, -0.1) is 0 Å². The molecule has 0 bridgehead atoms. The largest absolute Gasteiger partial charge is 0.495 e. The lowest BCUT2D eigenvalue weighted by atomic mass is 10.1. The number of carbonyl (C=O) groups is 1. The maximum atomic E-state index is 13.2. The van der Waals surface area contributed by atoms with E-state index in [1.807, 2.05) is 42.5 Å². The van der Waals surface area contributed by atoms with E-state index in [4.69, 9.17) is 4.74 Å². The highest BCUT2D eigenvalue weighted by atomic mass is 127. The summed E-state index contributed by atoms with van der Waals surface area (Å²) in [6.45, 7) is 1.80. The molecule has 8 heteroatoms. The van der Waals surface area contributed by atoms with Gasteiger partial charge in [0, 0.05) is 9.26 Å². The highest BCUT2D eigenvalue weighted by Gasteiger charge is 2.28. The number of carbonyl (C=O) groups excluding carboxylic acids is 1. The van der Waals surface area contributed by atoms with Crippen molar-refractivity contribution in [3.63, 3.8) is 0 Å². The van der Waals surface area contributed by atoms with Crippen LogP contribution in [-0.4, -0.2) is 27.5 Å². The van der Waals surface area contributed by atoms with Crippen molar-refractivity contribution in [3.8, 4) is 5.75 Å². The summed E-state index contributed by atoms with van der Waals surface area (Å²) in [5.41, 5.74) is 2.20. The van der Waals surface area contributed by atoms with Gasteiger partial charge in [-0.2, -0.15) is 4.72 Å². The topological polar surface area (TPSA) is 84.5 Å². The predicted octanol–water partition coefficient (Wildman–Crippen LogP) is 4.14. The van der Waals surface area contributed by atoms with Gasteiger partial charge in [-0.3, -0.25) is 4.79 Å². The van der Waals surface area contributed by atoms with Crippen molar-refractivity contribution in [3.05, 3.63) is 87.5 Å². The van der Waals surface area contributed by atoms with Crippen LogP contribution in [0.25, 0.3) is 0 Å². The van der Waals surface area contributed by atoms with Crippen LogP contribution < -0.4 is 14.8 Å². The van der Waals surface area contributed by atoms with Gasteiger partial charge in [-0.25, -0.2) is 8.42 Å².